The average molecular weight is 396 g/mol. The van der Waals surface area contributed by atoms with Crippen molar-refractivity contribution in [2.45, 2.75) is 12.3 Å². The first-order valence-corrected chi connectivity index (χ1v) is 8.98. The molecule has 0 saturated heterocycles. The molecule has 7 nitrogen and oxygen atoms in total. The van der Waals surface area contributed by atoms with Crippen LogP contribution < -0.4 is 10.1 Å². The molecular formula is C21H21FN4O3. The highest BCUT2D eigenvalue weighted by Crippen LogP contribution is 2.30. The first-order valence-electron chi connectivity index (χ1n) is 8.98. The van der Waals surface area contributed by atoms with Gasteiger partial charge in [-0.2, -0.15) is 0 Å². The summed E-state index contributed by atoms with van der Waals surface area (Å²) in [6.07, 6.45) is 5.11. The van der Waals surface area contributed by atoms with Crippen LogP contribution >= 0.6 is 0 Å². The lowest BCUT2D eigenvalue weighted by Crippen LogP contribution is -2.23. The summed E-state index contributed by atoms with van der Waals surface area (Å²) in [5, 5.41) is 2.80. The monoisotopic (exact) mass is 396 g/mol. The van der Waals surface area contributed by atoms with E-state index < -0.39 is 11.7 Å². The van der Waals surface area contributed by atoms with Gasteiger partial charge in [0.2, 0.25) is 5.91 Å². The lowest BCUT2D eigenvalue weighted by molar-refractivity contribution is -0.118. The van der Waals surface area contributed by atoms with Crippen molar-refractivity contribution in [3.05, 3.63) is 66.5 Å². The fourth-order valence-electron chi connectivity index (χ4n) is 2.93. The minimum Gasteiger partial charge on any atom is -0.496 e. The molecule has 1 atom stereocenters. The predicted molar refractivity (Wildman–Crippen MR) is 106 cm³/mol. The van der Waals surface area contributed by atoms with Gasteiger partial charge in [-0.25, -0.2) is 14.4 Å². The molecule has 0 radical (unpaired) electrons. The van der Waals surface area contributed by atoms with Gasteiger partial charge in [-0.3, -0.25) is 9.78 Å². The van der Waals surface area contributed by atoms with E-state index in [4.69, 9.17) is 9.47 Å². The number of anilines is 1. The average Bonchev–Trinajstić information content (AvgIpc) is 2.75. The Morgan fingerprint density at radius 2 is 2.07 bits per heavy atom. The number of carbonyl (C=O) groups excluding carboxylic acids is 1. The van der Waals surface area contributed by atoms with Gasteiger partial charge in [0.25, 0.3) is 0 Å². The number of halogens is 1. The smallest absolute Gasteiger partial charge is 0.233 e. The Morgan fingerprint density at radius 1 is 1.21 bits per heavy atom. The van der Waals surface area contributed by atoms with Crippen molar-refractivity contribution in [2.24, 2.45) is 0 Å². The van der Waals surface area contributed by atoms with Crippen molar-refractivity contribution in [3.63, 3.8) is 0 Å². The zero-order valence-electron chi connectivity index (χ0n) is 16.1. The molecule has 2 heterocycles. The highest BCUT2D eigenvalue weighted by Gasteiger charge is 2.21. The molecule has 1 N–H and O–H groups in total. The Balaban J connectivity index is 1.85. The Bertz CT molecular complexity index is 969. The van der Waals surface area contributed by atoms with Gasteiger partial charge in [-0.05, 0) is 36.2 Å². The molecule has 150 valence electrons. The Labute approximate surface area is 167 Å². The second kappa shape index (κ2) is 9.70. The van der Waals surface area contributed by atoms with Gasteiger partial charge in [0, 0.05) is 37.7 Å². The van der Waals surface area contributed by atoms with Crippen molar-refractivity contribution in [1.29, 1.82) is 0 Å². The van der Waals surface area contributed by atoms with Crippen LogP contribution in [0.2, 0.25) is 0 Å². The van der Waals surface area contributed by atoms with E-state index >= 15 is 0 Å². The van der Waals surface area contributed by atoms with Crippen LogP contribution in [-0.2, 0) is 9.53 Å². The highest BCUT2D eigenvalue weighted by atomic mass is 19.1. The molecule has 2 aromatic heterocycles. The molecular weight excluding hydrogens is 375 g/mol. The minimum atomic E-state index is -0.453. The number of amides is 1. The number of hydrogen-bond donors (Lipinski definition) is 1. The second-order valence-corrected chi connectivity index (χ2v) is 6.24. The van der Waals surface area contributed by atoms with E-state index in [-0.39, 0.29) is 5.91 Å². The quantitative estimate of drug-likeness (QED) is 0.628. The van der Waals surface area contributed by atoms with Crippen LogP contribution in [0.3, 0.4) is 0 Å². The molecule has 3 aromatic rings. The number of ether oxygens (including phenoxy) is 2. The molecule has 0 aliphatic heterocycles. The number of nitrogens with zero attached hydrogens (tertiary/aromatic N) is 3. The predicted octanol–water partition coefficient (Wildman–Crippen LogP) is 3.45. The van der Waals surface area contributed by atoms with Gasteiger partial charge in [-0.1, -0.05) is 6.07 Å². The van der Waals surface area contributed by atoms with Gasteiger partial charge in [-0.15, -0.1) is 0 Å². The number of rotatable bonds is 8. The number of nitrogens with one attached hydrogen (secondary N) is 1. The van der Waals surface area contributed by atoms with Gasteiger partial charge < -0.3 is 14.8 Å². The van der Waals surface area contributed by atoms with Crippen LogP contribution in [0, 0.1) is 5.82 Å². The minimum absolute atomic E-state index is 0.245. The van der Waals surface area contributed by atoms with Gasteiger partial charge >= 0.3 is 0 Å². The van der Waals surface area contributed by atoms with Crippen LogP contribution in [-0.4, -0.2) is 41.7 Å². The van der Waals surface area contributed by atoms with Crippen LogP contribution in [0.15, 0.2) is 55.1 Å². The summed E-state index contributed by atoms with van der Waals surface area (Å²) in [4.78, 5) is 25.3. The molecule has 8 heteroatoms. The van der Waals surface area contributed by atoms with Gasteiger partial charge in [0.1, 0.15) is 23.7 Å². The van der Waals surface area contributed by atoms with Gasteiger partial charge in [0.15, 0.2) is 0 Å². The third-order valence-corrected chi connectivity index (χ3v) is 4.37. The molecule has 0 aliphatic rings. The molecule has 0 fully saturated rings. The molecule has 29 heavy (non-hydrogen) atoms. The van der Waals surface area contributed by atoms with E-state index in [0.29, 0.717) is 35.9 Å². The summed E-state index contributed by atoms with van der Waals surface area (Å²) in [6, 6.07) is 9.35. The summed E-state index contributed by atoms with van der Waals surface area (Å²) in [5.41, 5.74) is 1.68. The Morgan fingerprint density at radius 3 is 2.79 bits per heavy atom. The van der Waals surface area contributed by atoms with Crippen molar-refractivity contribution >= 4 is 11.7 Å². The SMILES string of the molecule is COCCC(C(=O)Nc1cc(-c2cc(F)ccc2OC)ncn1)c1cccnc1. The summed E-state index contributed by atoms with van der Waals surface area (Å²) in [6.45, 7) is 0.419. The lowest BCUT2D eigenvalue weighted by atomic mass is 9.96. The Kier molecular flexibility index (Phi) is 6.80. The van der Waals surface area contributed by atoms with Crippen LogP contribution in [0.4, 0.5) is 10.2 Å². The number of pyridine rings is 1. The van der Waals surface area contributed by atoms with E-state index in [2.05, 4.69) is 20.3 Å². The fourth-order valence-corrected chi connectivity index (χ4v) is 2.93. The lowest BCUT2D eigenvalue weighted by Gasteiger charge is -2.16. The first-order chi connectivity index (χ1) is 14.1. The number of carbonyl (C=O) groups is 1. The number of hydrogen-bond acceptors (Lipinski definition) is 6. The molecule has 0 aliphatic carbocycles. The van der Waals surface area contributed by atoms with Crippen molar-refractivity contribution in [1.82, 2.24) is 15.0 Å². The molecule has 0 bridgehead atoms. The van der Waals surface area contributed by atoms with Crippen molar-refractivity contribution < 1.29 is 18.7 Å². The summed E-state index contributed by atoms with van der Waals surface area (Å²) in [7, 11) is 3.08. The first kappa shape index (κ1) is 20.3. The van der Waals surface area contributed by atoms with Crippen LogP contribution in [0.1, 0.15) is 17.9 Å². The molecule has 0 spiro atoms. The number of benzene rings is 1. The maximum absolute atomic E-state index is 13.7. The zero-order valence-corrected chi connectivity index (χ0v) is 16.1. The summed E-state index contributed by atoms with van der Waals surface area (Å²) in [5.74, 6) is -0.341. The normalized spacial score (nSPS) is 11.7. The number of methoxy groups -OCH3 is 2. The van der Waals surface area contributed by atoms with E-state index in [1.807, 2.05) is 6.07 Å². The molecule has 1 amide bonds. The third-order valence-electron chi connectivity index (χ3n) is 4.37. The second-order valence-electron chi connectivity index (χ2n) is 6.24. The highest BCUT2D eigenvalue weighted by molar-refractivity contribution is 5.95. The molecule has 1 aromatic carbocycles. The maximum atomic E-state index is 13.7. The maximum Gasteiger partial charge on any atom is 0.233 e. The fraction of sp³-hybridized carbons (Fsp3) is 0.238. The molecule has 3 rings (SSSR count). The van der Waals surface area contributed by atoms with E-state index in [1.54, 1.807) is 31.6 Å². The Hall–Kier alpha value is -3.39. The van der Waals surface area contributed by atoms with Crippen molar-refractivity contribution in [2.75, 3.05) is 26.1 Å². The van der Waals surface area contributed by atoms with Crippen LogP contribution in [0.25, 0.3) is 11.3 Å². The van der Waals surface area contributed by atoms with E-state index in [1.165, 1.54) is 31.6 Å². The molecule has 1 unspecified atom stereocenters. The largest absolute Gasteiger partial charge is 0.496 e. The zero-order chi connectivity index (χ0) is 20.6. The van der Waals surface area contributed by atoms with E-state index in [9.17, 15) is 9.18 Å². The third kappa shape index (κ3) is 5.11. The molecule has 0 saturated carbocycles. The van der Waals surface area contributed by atoms with E-state index in [0.717, 1.165) is 5.56 Å². The summed E-state index contributed by atoms with van der Waals surface area (Å²) >= 11 is 0. The standard InChI is InChI=1S/C21H21FN4O3/c1-28-9-7-16(14-4-3-8-23-12-14)21(27)26-20-11-18(24-13-25-20)17-10-15(22)5-6-19(17)29-2/h3-6,8,10-13,16H,7,9H2,1-2H3,(H,24,25,26,27). The topological polar surface area (TPSA) is 86.2 Å². The summed E-state index contributed by atoms with van der Waals surface area (Å²) < 4.78 is 24.1. The van der Waals surface area contributed by atoms with Crippen molar-refractivity contribution in [3.8, 4) is 17.0 Å². The number of aromatic nitrogens is 3. The van der Waals surface area contributed by atoms with Gasteiger partial charge in [0.05, 0.1) is 18.7 Å². The van der Waals surface area contributed by atoms with Crippen LogP contribution in [0.5, 0.6) is 5.75 Å².